The maximum atomic E-state index is 10.0. The van der Waals surface area contributed by atoms with Crippen molar-refractivity contribution < 1.29 is 14.7 Å². The molecular formula is C7H10O3. The quantitative estimate of drug-likeness (QED) is 0.596. The Hall–Kier alpha value is -1.08. The zero-order valence-electron chi connectivity index (χ0n) is 5.89. The summed E-state index contributed by atoms with van der Waals surface area (Å²) in [7, 11) is 0. The Kier molecular flexibility index (Phi) is 4.25. The molecule has 0 aromatic heterocycles. The molecule has 0 aliphatic carbocycles. The van der Waals surface area contributed by atoms with Crippen molar-refractivity contribution >= 4 is 11.9 Å². The van der Waals surface area contributed by atoms with Crippen LogP contribution in [0.25, 0.3) is 0 Å². The van der Waals surface area contributed by atoms with E-state index in [9.17, 15) is 9.59 Å². The maximum absolute atomic E-state index is 10.0. The first-order valence-corrected chi connectivity index (χ1v) is 3.15. The van der Waals surface area contributed by atoms with Crippen molar-refractivity contribution in [3.63, 3.8) is 0 Å². The first kappa shape index (κ1) is 8.92. The summed E-state index contributed by atoms with van der Waals surface area (Å²) in [5.74, 6) is 0.654. The minimum atomic E-state index is -0.966. The fourth-order valence-electron chi connectivity index (χ4n) is 0.660. The topological polar surface area (TPSA) is 54.4 Å². The van der Waals surface area contributed by atoms with E-state index in [2.05, 4.69) is 0 Å². The van der Waals surface area contributed by atoms with Crippen LogP contribution in [-0.2, 0) is 9.59 Å². The molecule has 0 amide bonds. The number of carbonyl (C=O) groups excluding carboxylic acids is 1. The molecule has 0 spiro atoms. The van der Waals surface area contributed by atoms with Crippen LogP contribution in [-0.4, -0.2) is 17.0 Å². The average Bonchev–Trinajstić information content (AvgIpc) is 1.86. The van der Waals surface area contributed by atoms with E-state index in [1.807, 2.05) is 6.92 Å². The minimum Gasteiger partial charge on any atom is -0.481 e. The summed E-state index contributed by atoms with van der Waals surface area (Å²) in [6.45, 7) is 1.89. The van der Waals surface area contributed by atoms with Crippen LogP contribution >= 0.6 is 0 Å². The summed E-state index contributed by atoms with van der Waals surface area (Å²) in [6.07, 6.45) is 1.16. The van der Waals surface area contributed by atoms with Gasteiger partial charge in [0.2, 0.25) is 0 Å². The minimum absolute atomic E-state index is 0.169. The van der Waals surface area contributed by atoms with E-state index in [4.69, 9.17) is 5.11 Å². The molecule has 56 valence electrons. The molecule has 0 saturated carbocycles. The molecule has 0 saturated heterocycles. The normalized spacial score (nSPS) is 8.50. The third-order valence-electron chi connectivity index (χ3n) is 1.06. The largest absolute Gasteiger partial charge is 0.481 e. The van der Waals surface area contributed by atoms with Crippen LogP contribution in [0.1, 0.15) is 26.2 Å². The highest BCUT2D eigenvalue weighted by molar-refractivity contribution is 5.74. The number of carboxylic acid groups (broad SMARTS) is 1. The second-order valence-corrected chi connectivity index (χ2v) is 2.03. The standard InChI is InChI=1S/C7H10O3/c1-2-3-6(5-8)4-7(9)10/h2-4H2,1H3,(H,9,10). The van der Waals surface area contributed by atoms with Crippen molar-refractivity contribution in [3.8, 4) is 0 Å². The summed E-state index contributed by atoms with van der Waals surface area (Å²) in [5.41, 5.74) is 0.343. The Morgan fingerprint density at radius 2 is 2.20 bits per heavy atom. The molecule has 0 aliphatic rings. The molecule has 10 heavy (non-hydrogen) atoms. The van der Waals surface area contributed by atoms with Gasteiger partial charge in [0.15, 0.2) is 0 Å². The molecular weight excluding hydrogens is 132 g/mol. The van der Waals surface area contributed by atoms with Crippen molar-refractivity contribution in [2.24, 2.45) is 0 Å². The lowest BCUT2D eigenvalue weighted by Crippen LogP contribution is -1.97. The average molecular weight is 142 g/mol. The molecule has 3 heteroatoms. The summed E-state index contributed by atoms with van der Waals surface area (Å²) >= 11 is 0. The fraction of sp³-hybridized carbons (Fsp3) is 0.571. The van der Waals surface area contributed by atoms with Crippen LogP contribution in [0.3, 0.4) is 0 Å². The van der Waals surface area contributed by atoms with Crippen molar-refractivity contribution in [3.05, 3.63) is 5.57 Å². The number of rotatable bonds is 4. The van der Waals surface area contributed by atoms with Gasteiger partial charge in [-0.2, -0.15) is 0 Å². The first-order valence-electron chi connectivity index (χ1n) is 3.15. The van der Waals surface area contributed by atoms with E-state index in [1.54, 1.807) is 5.94 Å². The number of hydrogen-bond acceptors (Lipinski definition) is 2. The van der Waals surface area contributed by atoms with Gasteiger partial charge in [-0.15, -0.1) is 0 Å². The molecule has 0 radical (unpaired) electrons. The van der Waals surface area contributed by atoms with Gasteiger partial charge in [-0.25, -0.2) is 4.79 Å². The molecule has 0 bridgehead atoms. The van der Waals surface area contributed by atoms with Gasteiger partial charge in [0.25, 0.3) is 0 Å². The predicted molar refractivity (Wildman–Crippen MR) is 36.4 cm³/mol. The molecule has 3 nitrogen and oxygen atoms in total. The molecule has 0 rings (SSSR count). The highest BCUT2D eigenvalue weighted by Gasteiger charge is 2.02. The number of aliphatic carboxylic acids is 1. The van der Waals surface area contributed by atoms with E-state index in [-0.39, 0.29) is 6.42 Å². The Morgan fingerprint density at radius 1 is 1.60 bits per heavy atom. The van der Waals surface area contributed by atoms with Crippen molar-refractivity contribution in [1.82, 2.24) is 0 Å². The van der Waals surface area contributed by atoms with Crippen LogP contribution in [0.15, 0.2) is 5.57 Å². The number of hydrogen-bond donors (Lipinski definition) is 1. The first-order chi connectivity index (χ1) is 4.70. The number of carboxylic acids is 1. The lowest BCUT2D eigenvalue weighted by atomic mass is 10.1. The monoisotopic (exact) mass is 142 g/mol. The van der Waals surface area contributed by atoms with Crippen molar-refractivity contribution in [2.75, 3.05) is 0 Å². The Bertz CT molecular complexity index is 166. The van der Waals surface area contributed by atoms with Gasteiger partial charge < -0.3 is 5.11 Å². The molecule has 0 unspecified atom stereocenters. The van der Waals surface area contributed by atoms with Crippen molar-refractivity contribution in [2.45, 2.75) is 26.2 Å². The van der Waals surface area contributed by atoms with Crippen molar-refractivity contribution in [1.29, 1.82) is 0 Å². The van der Waals surface area contributed by atoms with E-state index >= 15 is 0 Å². The highest BCUT2D eigenvalue weighted by atomic mass is 16.4. The molecule has 0 atom stereocenters. The third kappa shape index (κ3) is 3.87. The number of carbonyl (C=O) groups is 1. The van der Waals surface area contributed by atoms with E-state index in [0.717, 1.165) is 6.42 Å². The second-order valence-electron chi connectivity index (χ2n) is 2.03. The van der Waals surface area contributed by atoms with Gasteiger partial charge in [-0.05, 0) is 6.42 Å². The summed E-state index contributed by atoms with van der Waals surface area (Å²) in [6, 6.07) is 0. The fourth-order valence-corrected chi connectivity index (χ4v) is 0.660. The van der Waals surface area contributed by atoms with E-state index in [0.29, 0.717) is 12.0 Å². The van der Waals surface area contributed by atoms with Gasteiger partial charge in [0.1, 0.15) is 5.94 Å². The maximum Gasteiger partial charge on any atom is 0.308 e. The Balaban J connectivity index is 3.86. The van der Waals surface area contributed by atoms with E-state index in [1.165, 1.54) is 0 Å². The predicted octanol–water partition coefficient (Wildman–Crippen LogP) is 1.02. The van der Waals surface area contributed by atoms with Crippen LogP contribution in [0, 0.1) is 0 Å². The lowest BCUT2D eigenvalue weighted by Gasteiger charge is -1.93. The molecule has 0 aliphatic heterocycles. The highest BCUT2D eigenvalue weighted by Crippen LogP contribution is 2.04. The molecule has 0 aromatic rings. The lowest BCUT2D eigenvalue weighted by molar-refractivity contribution is -0.136. The molecule has 0 heterocycles. The van der Waals surface area contributed by atoms with Crippen LogP contribution in [0.5, 0.6) is 0 Å². The Labute approximate surface area is 59.4 Å². The van der Waals surface area contributed by atoms with Gasteiger partial charge in [0, 0.05) is 5.57 Å². The van der Waals surface area contributed by atoms with Gasteiger partial charge in [-0.1, -0.05) is 13.3 Å². The smallest absolute Gasteiger partial charge is 0.308 e. The van der Waals surface area contributed by atoms with Gasteiger partial charge >= 0.3 is 5.97 Å². The SMILES string of the molecule is CCCC(=C=O)CC(=O)O. The summed E-state index contributed by atoms with van der Waals surface area (Å²) < 4.78 is 0. The zero-order chi connectivity index (χ0) is 7.98. The molecule has 1 N–H and O–H groups in total. The van der Waals surface area contributed by atoms with Crippen LogP contribution in [0.4, 0.5) is 0 Å². The van der Waals surface area contributed by atoms with E-state index < -0.39 is 5.97 Å². The van der Waals surface area contributed by atoms with Gasteiger partial charge in [0.05, 0.1) is 6.42 Å². The molecule has 0 aromatic carbocycles. The van der Waals surface area contributed by atoms with Crippen LogP contribution < -0.4 is 0 Å². The molecule has 0 fully saturated rings. The van der Waals surface area contributed by atoms with Crippen LogP contribution in [0.2, 0.25) is 0 Å². The van der Waals surface area contributed by atoms with Gasteiger partial charge in [-0.3, -0.25) is 4.79 Å². The third-order valence-corrected chi connectivity index (χ3v) is 1.06. The summed E-state index contributed by atoms with van der Waals surface area (Å²) in [5, 5.41) is 8.24. The Morgan fingerprint density at radius 3 is 2.50 bits per heavy atom. The summed E-state index contributed by atoms with van der Waals surface area (Å²) in [4.78, 5) is 20.0. The second kappa shape index (κ2) is 4.77. The zero-order valence-corrected chi connectivity index (χ0v) is 5.89.